The van der Waals surface area contributed by atoms with Crippen LogP contribution in [0.5, 0.6) is 0 Å². The van der Waals surface area contributed by atoms with E-state index in [1.54, 1.807) is 0 Å². The molecule has 144 valence electrons. The van der Waals surface area contributed by atoms with Crippen molar-refractivity contribution in [3.05, 3.63) is 50.8 Å². The molecular formula is C21H27N3O3. The maximum absolute atomic E-state index is 12.3. The van der Waals surface area contributed by atoms with Crippen LogP contribution in [0.3, 0.4) is 0 Å². The Morgan fingerprint density at radius 2 is 1.63 bits per heavy atom. The molecule has 2 N–H and O–H groups in total. The van der Waals surface area contributed by atoms with Gasteiger partial charge in [0.25, 0.3) is 10.9 Å². The molecule has 27 heavy (non-hydrogen) atoms. The predicted octanol–water partition coefficient (Wildman–Crippen LogP) is 2.17. The number of hydrogen-bond donors (Lipinski definition) is 1. The van der Waals surface area contributed by atoms with Crippen LogP contribution in [0.4, 0.5) is 17.1 Å². The smallest absolute Gasteiger partial charge is 0.253 e. The second kappa shape index (κ2) is 7.94. The Bertz CT molecular complexity index is 863. The van der Waals surface area contributed by atoms with Crippen molar-refractivity contribution < 1.29 is 4.79 Å². The van der Waals surface area contributed by atoms with Crippen molar-refractivity contribution in [2.45, 2.75) is 32.6 Å². The molecule has 1 amide bonds. The van der Waals surface area contributed by atoms with E-state index < -0.39 is 10.9 Å². The first-order chi connectivity index (χ1) is 12.9. The van der Waals surface area contributed by atoms with Crippen LogP contribution >= 0.6 is 0 Å². The number of nitrogens with zero attached hydrogens (tertiary/aromatic N) is 2. The van der Waals surface area contributed by atoms with E-state index in [1.165, 1.54) is 0 Å². The third-order valence-corrected chi connectivity index (χ3v) is 5.68. The lowest BCUT2D eigenvalue weighted by Gasteiger charge is -2.34. The van der Waals surface area contributed by atoms with Crippen molar-refractivity contribution in [3.8, 4) is 0 Å². The van der Waals surface area contributed by atoms with Crippen LogP contribution in [0.15, 0.2) is 39.9 Å². The zero-order chi connectivity index (χ0) is 19.6. The number of amides is 1. The fraction of sp³-hybridized carbons (Fsp3) is 0.476. The Morgan fingerprint density at radius 1 is 1.04 bits per heavy atom. The maximum atomic E-state index is 12.3. The molecule has 0 spiro atoms. The van der Waals surface area contributed by atoms with E-state index in [-0.39, 0.29) is 11.8 Å². The van der Waals surface area contributed by atoms with Gasteiger partial charge in [0.1, 0.15) is 11.4 Å². The number of carbonyl (C=O) groups excluding carboxylic acids is 1. The predicted molar refractivity (Wildman–Crippen MR) is 108 cm³/mol. The van der Waals surface area contributed by atoms with E-state index in [0.29, 0.717) is 30.4 Å². The number of hydrogen-bond acceptors (Lipinski definition) is 5. The normalized spacial score (nSPS) is 19.8. The Morgan fingerprint density at radius 3 is 2.19 bits per heavy atom. The molecule has 0 atom stereocenters. The number of para-hydroxylation sites is 1. The minimum absolute atomic E-state index is 0.0260. The molecule has 0 bridgehead atoms. The van der Waals surface area contributed by atoms with Crippen molar-refractivity contribution >= 4 is 23.0 Å². The Labute approximate surface area is 159 Å². The SMILES string of the molecule is CCN(c1ccccc1)c1c(N(C)CC2CCC(C(N)=O)CC2)c(=O)c1=O. The van der Waals surface area contributed by atoms with Crippen LogP contribution in [0.2, 0.25) is 0 Å². The summed E-state index contributed by atoms with van der Waals surface area (Å²) in [6.07, 6.45) is 3.44. The first-order valence-electron chi connectivity index (χ1n) is 9.60. The molecule has 1 aliphatic rings. The van der Waals surface area contributed by atoms with Gasteiger partial charge in [-0.2, -0.15) is 0 Å². The summed E-state index contributed by atoms with van der Waals surface area (Å²) in [5, 5.41) is 0. The number of anilines is 3. The number of benzene rings is 1. The molecule has 0 heterocycles. The zero-order valence-electron chi connectivity index (χ0n) is 16.0. The van der Waals surface area contributed by atoms with Gasteiger partial charge < -0.3 is 15.5 Å². The molecule has 6 nitrogen and oxygen atoms in total. The summed E-state index contributed by atoms with van der Waals surface area (Å²) in [6, 6.07) is 9.65. The standard InChI is InChI=1S/C21H27N3O3/c1-3-24(16-7-5-4-6-8-16)18-17(19(25)20(18)26)23(2)13-14-9-11-15(12-10-14)21(22)27/h4-8,14-15H,3,9-13H2,1-2H3,(H2,22,27). The summed E-state index contributed by atoms with van der Waals surface area (Å²) in [4.78, 5) is 39.8. The number of rotatable bonds is 7. The molecule has 6 heteroatoms. The molecule has 1 aliphatic carbocycles. The fourth-order valence-electron chi connectivity index (χ4n) is 4.16. The fourth-order valence-corrected chi connectivity index (χ4v) is 4.16. The zero-order valence-corrected chi connectivity index (χ0v) is 16.0. The Kier molecular flexibility index (Phi) is 5.63. The van der Waals surface area contributed by atoms with Gasteiger partial charge in [0, 0.05) is 31.7 Å². The molecule has 1 saturated carbocycles. The van der Waals surface area contributed by atoms with Crippen molar-refractivity contribution in [2.75, 3.05) is 29.9 Å². The van der Waals surface area contributed by atoms with Gasteiger partial charge in [0.05, 0.1) is 0 Å². The molecular weight excluding hydrogens is 342 g/mol. The van der Waals surface area contributed by atoms with Crippen LogP contribution in [0.1, 0.15) is 32.6 Å². The van der Waals surface area contributed by atoms with Gasteiger partial charge in [-0.1, -0.05) is 18.2 Å². The quantitative estimate of drug-likeness (QED) is 0.756. The topological polar surface area (TPSA) is 83.7 Å². The second-order valence-corrected chi connectivity index (χ2v) is 7.44. The van der Waals surface area contributed by atoms with Crippen LogP contribution in [0, 0.1) is 11.8 Å². The lowest BCUT2D eigenvalue weighted by molar-refractivity contribution is -0.122. The second-order valence-electron chi connectivity index (χ2n) is 7.44. The molecule has 0 aliphatic heterocycles. The van der Waals surface area contributed by atoms with Gasteiger partial charge in [-0.15, -0.1) is 0 Å². The van der Waals surface area contributed by atoms with Crippen LogP contribution in [0.25, 0.3) is 0 Å². The molecule has 2 aromatic carbocycles. The Balaban J connectivity index is 1.76. The average molecular weight is 369 g/mol. The van der Waals surface area contributed by atoms with Gasteiger partial charge in [0.15, 0.2) is 0 Å². The summed E-state index contributed by atoms with van der Waals surface area (Å²) in [6.45, 7) is 3.29. The average Bonchev–Trinajstić information content (AvgIpc) is 2.68. The number of carbonyl (C=O) groups is 1. The molecule has 0 radical (unpaired) electrons. The molecule has 2 aromatic rings. The summed E-state index contributed by atoms with van der Waals surface area (Å²) >= 11 is 0. The van der Waals surface area contributed by atoms with E-state index in [9.17, 15) is 14.4 Å². The molecule has 3 rings (SSSR count). The summed E-state index contributed by atoms with van der Waals surface area (Å²) < 4.78 is 0. The first kappa shape index (κ1) is 19.1. The first-order valence-corrected chi connectivity index (χ1v) is 9.60. The molecule has 0 saturated heterocycles. The molecule has 0 unspecified atom stereocenters. The van der Waals surface area contributed by atoms with Gasteiger partial charge in [-0.3, -0.25) is 14.4 Å². The molecule has 1 fully saturated rings. The summed E-state index contributed by atoms with van der Waals surface area (Å²) in [5.74, 6) is 0.157. The number of primary amides is 1. The van der Waals surface area contributed by atoms with Gasteiger partial charge in [0.2, 0.25) is 5.91 Å². The van der Waals surface area contributed by atoms with Crippen LogP contribution in [-0.2, 0) is 4.79 Å². The minimum atomic E-state index is -0.417. The van der Waals surface area contributed by atoms with Crippen molar-refractivity contribution in [1.82, 2.24) is 0 Å². The third-order valence-electron chi connectivity index (χ3n) is 5.68. The van der Waals surface area contributed by atoms with E-state index in [4.69, 9.17) is 5.73 Å². The third kappa shape index (κ3) is 3.75. The lowest BCUT2D eigenvalue weighted by Crippen LogP contribution is -2.45. The van der Waals surface area contributed by atoms with E-state index in [2.05, 4.69) is 0 Å². The highest BCUT2D eigenvalue weighted by Crippen LogP contribution is 2.33. The summed E-state index contributed by atoms with van der Waals surface area (Å²) in [7, 11) is 1.87. The van der Waals surface area contributed by atoms with Crippen LogP contribution in [-0.4, -0.2) is 26.0 Å². The van der Waals surface area contributed by atoms with Crippen molar-refractivity contribution in [1.29, 1.82) is 0 Å². The monoisotopic (exact) mass is 369 g/mol. The van der Waals surface area contributed by atoms with Gasteiger partial charge >= 0.3 is 0 Å². The largest absolute Gasteiger partial charge is 0.369 e. The lowest BCUT2D eigenvalue weighted by atomic mass is 9.81. The minimum Gasteiger partial charge on any atom is -0.369 e. The van der Waals surface area contributed by atoms with E-state index in [1.807, 2.05) is 54.1 Å². The number of nitrogens with two attached hydrogens (primary N) is 1. The van der Waals surface area contributed by atoms with E-state index in [0.717, 1.165) is 31.4 Å². The highest BCUT2D eigenvalue weighted by molar-refractivity contribution is 5.81. The van der Waals surface area contributed by atoms with Crippen molar-refractivity contribution in [3.63, 3.8) is 0 Å². The van der Waals surface area contributed by atoms with Crippen LogP contribution < -0.4 is 26.4 Å². The molecule has 0 aromatic heterocycles. The summed E-state index contributed by atoms with van der Waals surface area (Å²) in [5.41, 5.74) is 6.47. The van der Waals surface area contributed by atoms with Gasteiger partial charge in [-0.25, -0.2) is 0 Å². The Hall–Kier alpha value is -2.63. The van der Waals surface area contributed by atoms with E-state index >= 15 is 0 Å². The van der Waals surface area contributed by atoms with Crippen molar-refractivity contribution in [2.24, 2.45) is 17.6 Å². The van der Waals surface area contributed by atoms with Gasteiger partial charge in [-0.05, 0) is 50.7 Å². The maximum Gasteiger partial charge on any atom is 0.253 e. The highest BCUT2D eigenvalue weighted by Gasteiger charge is 2.31. The highest BCUT2D eigenvalue weighted by atomic mass is 16.2.